The number of ether oxygens (including phenoxy) is 6. The molecular weight excluding hydrogens is 352 g/mol. The molecule has 0 saturated carbocycles. The molecule has 0 unspecified atom stereocenters. The second kappa shape index (κ2) is 8.76. The maximum atomic E-state index is 9.79. The summed E-state index contributed by atoms with van der Waals surface area (Å²) in [6.07, 6.45) is 2.14. The third-order valence-electron chi connectivity index (χ3n) is 3.92. The molecule has 0 saturated heterocycles. The molecule has 8 nitrogen and oxygen atoms in total. The van der Waals surface area contributed by atoms with Crippen LogP contribution in [0.25, 0.3) is 0 Å². The number of nitriles is 1. The normalized spacial score (nSPS) is 9.81. The van der Waals surface area contributed by atoms with Crippen molar-refractivity contribution in [3.8, 4) is 40.7 Å². The number of methoxy groups -OCH3 is 6. The molecule has 8 heteroatoms. The molecule has 0 spiro atoms. The van der Waals surface area contributed by atoms with Gasteiger partial charge in [-0.2, -0.15) is 5.26 Å². The minimum Gasteiger partial charge on any atom is -0.493 e. The monoisotopic (exact) mass is 374 g/mol. The fourth-order valence-electron chi connectivity index (χ4n) is 2.66. The third-order valence-corrected chi connectivity index (χ3v) is 3.92. The Hall–Kier alpha value is -3.47. The molecule has 0 heterocycles. The smallest absolute Gasteiger partial charge is 0.203 e. The highest BCUT2D eigenvalue weighted by Crippen LogP contribution is 2.45. The summed E-state index contributed by atoms with van der Waals surface area (Å²) >= 11 is 0. The number of hydrogen-bond donors (Lipinski definition) is 0. The lowest BCUT2D eigenvalue weighted by atomic mass is 10.2. The van der Waals surface area contributed by atoms with Crippen molar-refractivity contribution in [2.75, 3.05) is 47.6 Å². The molecule has 144 valence electrons. The van der Waals surface area contributed by atoms with Crippen LogP contribution in [0.15, 0.2) is 24.3 Å². The molecule has 0 N–H and O–H groups in total. The molecule has 0 radical (unpaired) electrons. The molecule has 0 aliphatic carbocycles. The van der Waals surface area contributed by atoms with Gasteiger partial charge in [0.05, 0.1) is 54.0 Å². The average molecular weight is 374 g/mol. The molecule has 0 amide bonds. The number of nitrogens with zero attached hydrogens (tertiary/aromatic N) is 2. The van der Waals surface area contributed by atoms with Crippen molar-refractivity contribution < 1.29 is 28.4 Å². The van der Waals surface area contributed by atoms with E-state index in [2.05, 4.69) is 6.19 Å². The van der Waals surface area contributed by atoms with Gasteiger partial charge >= 0.3 is 0 Å². The Bertz CT molecular complexity index is 733. The van der Waals surface area contributed by atoms with Crippen molar-refractivity contribution in [1.82, 2.24) is 0 Å². The first-order chi connectivity index (χ1) is 13.1. The van der Waals surface area contributed by atoms with Crippen LogP contribution in [0.3, 0.4) is 0 Å². The largest absolute Gasteiger partial charge is 0.493 e. The third kappa shape index (κ3) is 3.72. The van der Waals surface area contributed by atoms with Crippen LogP contribution in [0.4, 0.5) is 11.4 Å². The Morgan fingerprint density at radius 3 is 1.07 bits per heavy atom. The SMILES string of the molecule is COc1cc(N(C#N)c2cc(OC)c(OC)c(OC)c2)cc(OC)c1OC. The van der Waals surface area contributed by atoms with Crippen LogP contribution < -0.4 is 33.3 Å². The van der Waals surface area contributed by atoms with Gasteiger partial charge in [0.2, 0.25) is 11.5 Å². The van der Waals surface area contributed by atoms with E-state index in [0.29, 0.717) is 45.9 Å². The van der Waals surface area contributed by atoms with E-state index < -0.39 is 0 Å². The Morgan fingerprint density at radius 2 is 0.889 bits per heavy atom. The fraction of sp³-hybridized carbons (Fsp3) is 0.316. The van der Waals surface area contributed by atoms with E-state index in [-0.39, 0.29) is 0 Å². The van der Waals surface area contributed by atoms with E-state index in [9.17, 15) is 5.26 Å². The molecule has 0 aliphatic rings. The zero-order valence-corrected chi connectivity index (χ0v) is 16.2. The minimum absolute atomic E-state index is 0.430. The molecule has 2 aromatic rings. The van der Waals surface area contributed by atoms with Crippen LogP contribution in [0, 0.1) is 11.5 Å². The van der Waals surface area contributed by atoms with Gasteiger partial charge in [0.15, 0.2) is 29.2 Å². The molecule has 0 bridgehead atoms. The van der Waals surface area contributed by atoms with Crippen molar-refractivity contribution in [3.63, 3.8) is 0 Å². The molecular formula is C19H22N2O6. The predicted molar refractivity (Wildman–Crippen MR) is 99.9 cm³/mol. The first-order valence-corrected chi connectivity index (χ1v) is 7.88. The Morgan fingerprint density at radius 1 is 0.593 bits per heavy atom. The first kappa shape index (κ1) is 19.8. The molecule has 2 aromatic carbocycles. The van der Waals surface area contributed by atoms with E-state index in [4.69, 9.17) is 28.4 Å². The average Bonchev–Trinajstić information content (AvgIpc) is 2.72. The van der Waals surface area contributed by atoms with E-state index in [1.165, 1.54) is 47.6 Å². The lowest BCUT2D eigenvalue weighted by molar-refractivity contribution is 0.324. The van der Waals surface area contributed by atoms with Crippen LogP contribution in [0.1, 0.15) is 0 Å². The summed E-state index contributed by atoms with van der Waals surface area (Å²) in [5.41, 5.74) is 1.03. The van der Waals surface area contributed by atoms with E-state index in [1.54, 1.807) is 24.3 Å². The lowest BCUT2D eigenvalue weighted by Crippen LogP contribution is -2.10. The van der Waals surface area contributed by atoms with Crippen molar-refractivity contribution in [1.29, 1.82) is 5.26 Å². The topological polar surface area (TPSA) is 82.4 Å². The number of anilines is 2. The zero-order chi connectivity index (χ0) is 20.0. The van der Waals surface area contributed by atoms with Gasteiger partial charge in [-0.05, 0) is 0 Å². The van der Waals surface area contributed by atoms with Gasteiger partial charge in [0.25, 0.3) is 0 Å². The number of hydrogen-bond acceptors (Lipinski definition) is 8. The van der Waals surface area contributed by atoms with E-state index in [1.807, 2.05) is 0 Å². The quantitative estimate of drug-likeness (QED) is 0.514. The highest BCUT2D eigenvalue weighted by atomic mass is 16.5. The van der Waals surface area contributed by atoms with Crippen molar-refractivity contribution in [3.05, 3.63) is 24.3 Å². The first-order valence-electron chi connectivity index (χ1n) is 7.88. The Labute approximate surface area is 158 Å². The zero-order valence-electron chi connectivity index (χ0n) is 16.2. The summed E-state index contributed by atoms with van der Waals surface area (Å²) in [4.78, 5) is 1.38. The van der Waals surface area contributed by atoms with Gasteiger partial charge in [0.1, 0.15) is 0 Å². The second-order valence-electron chi connectivity index (χ2n) is 5.20. The van der Waals surface area contributed by atoms with Gasteiger partial charge in [-0.3, -0.25) is 0 Å². The van der Waals surface area contributed by atoms with Crippen molar-refractivity contribution in [2.45, 2.75) is 0 Å². The van der Waals surface area contributed by atoms with Gasteiger partial charge in [-0.1, -0.05) is 0 Å². The maximum Gasteiger partial charge on any atom is 0.203 e. The van der Waals surface area contributed by atoms with Crippen LogP contribution in [0.5, 0.6) is 34.5 Å². The summed E-state index contributed by atoms with van der Waals surface area (Å²) < 4.78 is 32.1. The highest BCUT2D eigenvalue weighted by molar-refractivity contribution is 5.76. The molecule has 0 aliphatic heterocycles. The fourth-order valence-corrected chi connectivity index (χ4v) is 2.66. The predicted octanol–water partition coefficient (Wildman–Crippen LogP) is 3.36. The van der Waals surface area contributed by atoms with Gasteiger partial charge in [-0.15, -0.1) is 0 Å². The van der Waals surface area contributed by atoms with Gasteiger partial charge < -0.3 is 28.4 Å². The van der Waals surface area contributed by atoms with Crippen LogP contribution in [0.2, 0.25) is 0 Å². The number of rotatable bonds is 8. The summed E-state index contributed by atoms with van der Waals surface area (Å²) in [5, 5.41) is 9.79. The molecule has 0 aromatic heterocycles. The molecule has 2 rings (SSSR count). The van der Waals surface area contributed by atoms with Crippen LogP contribution in [-0.4, -0.2) is 42.7 Å². The van der Waals surface area contributed by atoms with Gasteiger partial charge in [-0.25, -0.2) is 4.90 Å². The molecule has 0 atom stereocenters. The minimum atomic E-state index is 0.430. The Kier molecular flexibility index (Phi) is 6.44. The maximum absolute atomic E-state index is 9.79. The van der Waals surface area contributed by atoms with Crippen molar-refractivity contribution >= 4 is 11.4 Å². The standard InChI is InChI=1S/C19H22N2O6/c1-22-14-7-12(8-15(23-2)18(14)26-5)21(11-20)13-9-16(24-3)19(27-6)17(10-13)25-4/h7-10H,1-6H3. The molecule has 27 heavy (non-hydrogen) atoms. The molecule has 0 fully saturated rings. The van der Waals surface area contributed by atoms with Crippen molar-refractivity contribution in [2.24, 2.45) is 0 Å². The van der Waals surface area contributed by atoms with Crippen LogP contribution in [-0.2, 0) is 0 Å². The van der Waals surface area contributed by atoms with E-state index >= 15 is 0 Å². The lowest BCUT2D eigenvalue weighted by Gasteiger charge is -2.21. The summed E-state index contributed by atoms with van der Waals surface area (Å²) in [5.74, 6) is 2.59. The van der Waals surface area contributed by atoms with Crippen LogP contribution >= 0.6 is 0 Å². The highest BCUT2D eigenvalue weighted by Gasteiger charge is 2.21. The van der Waals surface area contributed by atoms with Gasteiger partial charge in [0, 0.05) is 24.3 Å². The summed E-state index contributed by atoms with van der Waals surface area (Å²) in [7, 11) is 9.07. The second-order valence-corrected chi connectivity index (χ2v) is 5.20. The van der Waals surface area contributed by atoms with E-state index in [0.717, 1.165) is 0 Å². The summed E-state index contributed by atoms with van der Waals surface area (Å²) in [6.45, 7) is 0. The Balaban J connectivity index is 2.66. The summed E-state index contributed by atoms with van der Waals surface area (Å²) in [6, 6.07) is 6.70. The number of benzene rings is 2.